The molecule has 1 aliphatic rings. The highest BCUT2D eigenvalue weighted by Gasteiger charge is 2.24. The number of pyridine rings is 1. The highest BCUT2D eigenvalue weighted by Crippen LogP contribution is 2.24. The number of rotatable bonds is 4. The summed E-state index contributed by atoms with van der Waals surface area (Å²) in [6, 6.07) is 9.93. The van der Waals surface area contributed by atoms with Gasteiger partial charge in [-0.1, -0.05) is 35.9 Å². The van der Waals surface area contributed by atoms with E-state index in [9.17, 15) is 9.59 Å². The van der Waals surface area contributed by atoms with Gasteiger partial charge in [0.15, 0.2) is 0 Å². The number of benzene rings is 1. The van der Waals surface area contributed by atoms with Gasteiger partial charge in [0.1, 0.15) is 5.02 Å². The van der Waals surface area contributed by atoms with Crippen molar-refractivity contribution in [2.24, 2.45) is 5.92 Å². The summed E-state index contributed by atoms with van der Waals surface area (Å²) in [6.07, 6.45) is 5.75. The van der Waals surface area contributed by atoms with Gasteiger partial charge in [0.05, 0.1) is 5.56 Å². The van der Waals surface area contributed by atoms with Gasteiger partial charge in [-0.3, -0.25) is 9.59 Å². The van der Waals surface area contributed by atoms with Crippen LogP contribution in [-0.2, 0) is 6.42 Å². The first-order chi connectivity index (χ1) is 12.0. The predicted octanol–water partition coefficient (Wildman–Crippen LogP) is 3.82. The fourth-order valence-electron chi connectivity index (χ4n) is 3.50. The summed E-state index contributed by atoms with van der Waals surface area (Å²) in [4.78, 5) is 28.4. The van der Waals surface area contributed by atoms with E-state index in [0.29, 0.717) is 11.5 Å². The van der Waals surface area contributed by atoms with E-state index in [2.05, 4.69) is 36.2 Å². The van der Waals surface area contributed by atoms with E-state index >= 15 is 0 Å². The van der Waals surface area contributed by atoms with Crippen molar-refractivity contribution < 1.29 is 4.79 Å². The van der Waals surface area contributed by atoms with Crippen LogP contribution >= 0.6 is 11.6 Å². The number of H-pyrrole nitrogens is 1. The summed E-state index contributed by atoms with van der Waals surface area (Å²) >= 11 is 5.84. The number of amides is 1. The minimum atomic E-state index is -0.368. The molecule has 0 spiro atoms. The minimum absolute atomic E-state index is 0.0546. The fraction of sp³-hybridized carbons (Fsp3) is 0.400. The Kier molecular flexibility index (Phi) is 5.59. The zero-order chi connectivity index (χ0) is 17.8. The van der Waals surface area contributed by atoms with Gasteiger partial charge in [0.25, 0.3) is 11.5 Å². The lowest BCUT2D eigenvalue weighted by atomic mass is 9.90. The Morgan fingerprint density at radius 3 is 2.92 bits per heavy atom. The van der Waals surface area contributed by atoms with Gasteiger partial charge in [0, 0.05) is 19.3 Å². The molecule has 1 N–H and O–H groups in total. The van der Waals surface area contributed by atoms with Crippen molar-refractivity contribution >= 4 is 17.5 Å². The molecule has 1 aliphatic heterocycles. The summed E-state index contributed by atoms with van der Waals surface area (Å²) in [5.74, 6) is 0.453. The Morgan fingerprint density at radius 2 is 2.16 bits per heavy atom. The summed E-state index contributed by atoms with van der Waals surface area (Å²) in [6.45, 7) is 3.67. The van der Waals surface area contributed by atoms with Crippen LogP contribution in [0, 0.1) is 12.8 Å². The van der Waals surface area contributed by atoms with E-state index in [1.165, 1.54) is 23.4 Å². The van der Waals surface area contributed by atoms with E-state index in [1.807, 2.05) is 4.90 Å². The third-order valence-corrected chi connectivity index (χ3v) is 5.27. The van der Waals surface area contributed by atoms with Crippen LogP contribution < -0.4 is 5.56 Å². The van der Waals surface area contributed by atoms with Crippen molar-refractivity contribution in [1.82, 2.24) is 9.88 Å². The van der Waals surface area contributed by atoms with Gasteiger partial charge in [-0.2, -0.15) is 0 Å². The number of hydrogen-bond acceptors (Lipinski definition) is 2. The smallest absolute Gasteiger partial charge is 0.266 e. The lowest BCUT2D eigenvalue weighted by Gasteiger charge is -2.33. The Morgan fingerprint density at radius 1 is 1.36 bits per heavy atom. The van der Waals surface area contributed by atoms with Crippen LogP contribution in [-0.4, -0.2) is 28.9 Å². The molecule has 132 valence electrons. The van der Waals surface area contributed by atoms with Gasteiger partial charge in [0.2, 0.25) is 0 Å². The molecule has 1 aromatic heterocycles. The van der Waals surface area contributed by atoms with Gasteiger partial charge in [-0.05, 0) is 55.7 Å². The first kappa shape index (κ1) is 17.7. The maximum atomic E-state index is 12.7. The predicted molar refractivity (Wildman–Crippen MR) is 100 cm³/mol. The molecule has 1 saturated heterocycles. The van der Waals surface area contributed by atoms with E-state index in [4.69, 9.17) is 11.6 Å². The van der Waals surface area contributed by atoms with Crippen LogP contribution in [0.2, 0.25) is 5.02 Å². The normalized spacial score (nSPS) is 17.5. The second kappa shape index (κ2) is 7.87. The van der Waals surface area contributed by atoms with Crippen LogP contribution in [0.5, 0.6) is 0 Å². The summed E-state index contributed by atoms with van der Waals surface area (Å²) < 4.78 is 0. The second-order valence-electron chi connectivity index (χ2n) is 6.79. The topological polar surface area (TPSA) is 53.2 Å². The molecule has 5 heteroatoms. The third kappa shape index (κ3) is 4.31. The zero-order valence-corrected chi connectivity index (χ0v) is 15.2. The van der Waals surface area contributed by atoms with Crippen molar-refractivity contribution in [2.45, 2.75) is 32.6 Å². The maximum absolute atomic E-state index is 12.7. The molecule has 1 amide bonds. The molecule has 1 aromatic carbocycles. The van der Waals surface area contributed by atoms with E-state index in [-0.39, 0.29) is 16.5 Å². The fourth-order valence-corrected chi connectivity index (χ4v) is 3.67. The number of likely N-dealkylation sites (tertiary alicyclic amines) is 1. The second-order valence-corrected chi connectivity index (χ2v) is 7.20. The van der Waals surface area contributed by atoms with E-state index < -0.39 is 0 Å². The molecule has 3 rings (SSSR count). The number of carbonyl (C=O) groups is 1. The molecule has 25 heavy (non-hydrogen) atoms. The Hall–Kier alpha value is -2.07. The number of halogens is 1. The van der Waals surface area contributed by atoms with Gasteiger partial charge in [-0.25, -0.2) is 0 Å². The average molecular weight is 359 g/mol. The van der Waals surface area contributed by atoms with Crippen molar-refractivity contribution in [3.63, 3.8) is 0 Å². The number of nitrogens with zero attached hydrogens (tertiary/aromatic N) is 1. The molecular formula is C20H23ClN2O2. The first-order valence-corrected chi connectivity index (χ1v) is 9.14. The number of hydrogen-bond donors (Lipinski definition) is 1. The Balaban J connectivity index is 1.62. The number of piperidine rings is 1. The molecule has 0 unspecified atom stereocenters. The lowest BCUT2D eigenvalue weighted by Crippen LogP contribution is -2.40. The number of carbonyl (C=O) groups excluding carboxylic acids is 1. The van der Waals surface area contributed by atoms with Crippen LogP contribution in [0.3, 0.4) is 0 Å². The van der Waals surface area contributed by atoms with Gasteiger partial charge in [-0.15, -0.1) is 0 Å². The van der Waals surface area contributed by atoms with Crippen LogP contribution in [0.1, 0.15) is 40.7 Å². The highest BCUT2D eigenvalue weighted by molar-refractivity contribution is 6.30. The van der Waals surface area contributed by atoms with E-state index in [1.54, 1.807) is 0 Å². The first-order valence-electron chi connectivity index (χ1n) is 8.76. The number of aryl methyl sites for hydroxylation is 2. The SMILES string of the molecule is Cc1ccccc1CC[C@@H]1CCCN(C(=O)c2c[nH]c(=O)c(Cl)c2)C1. The average Bonchev–Trinajstić information content (AvgIpc) is 2.63. The third-order valence-electron chi connectivity index (χ3n) is 4.99. The van der Waals surface area contributed by atoms with Crippen molar-refractivity contribution in [2.75, 3.05) is 13.1 Å². The van der Waals surface area contributed by atoms with Crippen molar-refractivity contribution in [1.29, 1.82) is 0 Å². The van der Waals surface area contributed by atoms with Gasteiger partial charge < -0.3 is 9.88 Å². The molecule has 0 aliphatic carbocycles. The van der Waals surface area contributed by atoms with Crippen molar-refractivity contribution in [3.05, 3.63) is 68.6 Å². The molecule has 1 atom stereocenters. The minimum Gasteiger partial charge on any atom is -0.338 e. The summed E-state index contributed by atoms with van der Waals surface area (Å²) in [5, 5.41) is 0.0546. The van der Waals surface area contributed by atoms with Gasteiger partial charge >= 0.3 is 0 Å². The van der Waals surface area contributed by atoms with Crippen molar-refractivity contribution in [3.8, 4) is 0 Å². The molecule has 0 saturated carbocycles. The number of aromatic amines is 1. The molecule has 4 nitrogen and oxygen atoms in total. The Bertz CT molecular complexity index is 815. The number of nitrogens with one attached hydrogen (secondary N) is 1. The summed E-state index contributed by atoms with van der Waals surface area (Å²) in [5.41, 5.74) is 2.80. The van der Waals surface area contributed by atoms with E-state index in [0.717, 1.165) is 38.8 Å². The molecular weight excluding hydrogens is 336 g/mol. The van der Waals surface area contributed by atoms with Crippen LogP contribution in [0.25, 0.3) is 0 Å². The van der Waals surface area contributed by atoms with Crippen LogP contribution in [0.15, 0.2) is 41.3 Å². The maximum Gasteiger partial charge on any atom is 0.266 e. The summed E-state index contributed by atoms with van der Waals surface area (Å²) in [7, 11) is 0. The largest absolute Gasteiger partial charge is 0.338 e. The zero-order valence-electron chi connectivity index (χ0n) is 14.4. The molecule has 0 radical (unpaired) electrons. The lowest BCUT2D eigenvalue weighted by molar-refractivity contribution is 0.0668. The molecule has 2 heterocycles. The van der Waals surface area contributed by atoms with Crippen LogP contribution in [0.4, 0.5) is 0 Å². The standard InChI is InChI=1S/C20H23ClN2O2/c1-14-5-2-3-7-16(14)9-8-15-6-4-10-23(13-15)20(25)17-11-18(21)19(24)22-12-17/h2-3,5,7,11-12,15H,4,6,8-10,13H2,1H3,(H,22,24)/t15-/m0/s1. The molecule has 1 fully saturated rings. The number of aromatic nitrogens is 1. The monoisotopic (exact) mass is 358 g/mol. The Labute approximate surface area is 152 Å². The quantitative estimate of drug-likeness (QED) is 0.903. The highest BCUT2D eigenvalue weighted by atomic mass is 35.5. The molecule has 2 aromatic rings. The molecule has 0 bridgehead atoms.